The van der Waals surface area contributed by atoms with Gasteiger partial charge in [0.25, 0.3) is 0 Å². The van der Waals surface area contributed by atoms with E-state index in [1.807, 2.05) is 18.2 Å². The van der Waals surface area contributed by atoms with E-state index in [2.05, 4.69) is 18.7 Å². The van der Waals surface area contributed by atoms with Crippen molar-refractivity contribution in [3.63, 3.8) is 0 Å². The van der Waals surface area contributed by atoms with E-state index in [1.165, 1.54) is 5.56 Å². The van der Waals surface area contributed by atoms with Crippen LogP contribution in [-0.2, 0) is 16.1 Å². The molecule has 0 saturated carbocycles. The summed E-state index contributed by atoms with van der Waals surface area (Å²) in [6.45, 7) is 6.57. The summed E-state index contributed by atoms with van der Waals surface area (Å²) in [6, 6.07) is 8.23. The Hall–Kier alpha value is -0.830. The maximum Gasteiger partial charge on any atom is 0.0716 e. The number of rotatable bonds is 10. The molecule has 0 spiro atoms. The molecular weight excluding hydrogens is 248 g/mol. The van der Waals surface area contributed by atoms with Gasteiger partial charge in [-0.15, -0.1) is 11.6 Å². The highest BCUT2D eigenvalue weighted by Crippen LogP contribution is 2.07. The zero-order valence-corrected chi connectivity index (χ0v) is 11.5. The quantitative estimate of drug-likeness (QED) is 0.474. The Labute approximate surface area is 115 Å². The molecule has 1 aromatic carbocycles. The number of hydrogen-bond donors (Lipinski definition) is 0. The van der Waals surface area contributed by atoms with Gasteiger partial charge in [-0.05, 0) is 24.0 Å². The molecule has 18 heavy (non-hydrogen) atoms. The fourth-order valence-electron chi connectivity index (χ4n) is 1.50. The second kappa shape index (κ2) is 10.1. The third-order valence-electron chi connectivity index (χ3n) is 2.53. The first-order valence-electron chi connectivity index (χ1n) is 6.29. The van der Waals surface area contributed by atoms with Crippen LogP contribution in [0.4, 0.5) is 0 Å². The lowest BCUT2D eigenvalue weighted by Gasteiger charge is -2.05. The van der Waals surface area contributed by atoms with Gasteiger partial charge < -0.3 is 9.47 Å². The molecule has 0 amide bonds. The summed E-state index contributed by atoms with van der Waals surface area (Å²) in [7, 11) is 0. The second-order valence-corrected chi connectivity index (χ2v) is 4.38. The fraction of sp³-hybridized carbons (Fsp3) is 0.467. The van der Waals surface area contributed by atoms with Gasteiger partial charge in [-0.25, -0.2) is 0 Å². The maximum atomic E-state index is 5.59. The van der Waals surface area contributed by atoms with Crippen molar-refractivity contribution in [1.29, 1.82) is 0 Å². The molecule has 0 unspecified atom stereocenters. The Kier molecular flexibility index (Phi) is 8.57. The van der Waals surface area contributed by atoms with E-state index >= 15 is 0 Å². The van der Waals surface area contributed by atoms with E-state index in [-0.39, 0.29) is 0 Å². The van der Waals surface area contributed by atoms with Crippen LogP contribution in [0.1, 0.15) is 24.0 Å². The van der Waals surface area contributed by atoms with Crippen LogP contribution in [0, 0.1) is 0 Å². The van der Waals surface area contributed by atoms with Gasteiger partial charge in [0, 0.05) is 19.1 Å². The molecule has 3 heteroatoms. The topological polar surface area (TPSA) is 18.5 Å². The summed E-state index contributed by atoms with van der Waals surface area (Å²) in [5, 5.41) is 0. The first-order valence-corrected chi connectivity index (χ1v) is 6.83. The number of benzene rings is 1. The largest absolute Gasteiger partial charge is 0.380 e. The SMILES string of the molecule is C=Cc1ccc(COCCCCOCCCl)cc1. The molecule has 0 bridgehead atoms. The molecule has 0 aliphatic carbocycles. The van der Waals surface area contributed by atoms with Gasteiger partial charge >= 0.3 is 0 Å². The Morgan fingerprint density at radius 2 is 1.67 bits per heavy atom. The van der Waals surface area contributed by atoms with Gasteiger partial charge in [-0.2, -0.15) is 0 Å². The lowest BCUT2D eigenvalue weighted by atomic mass is 10.1. The van der Waals surface area contributed by atoms with Crippen LogP contribution in [0.5, 0.6) is 0 Å². The molecule has 0 atom stereocenters. The van der Waals surface area contributed by atoms with Crippen LogP contribution in [-0.4, -0.2) is 25.7 Å². The van der Waals surface area contributed by atoms with Crippen molar-refractivity contribution >= 4 is 17.7 Å². The highest BCUT2D eigenvalue weighted by Gasteiger charge is 1.94. The predicted octanol–water partition coefficient (Wildman–Crippen LogP) is 3.88. The molecule has 0 fully saturated rings. The van der Waals surface area contributed by atoms with Gasteiger partial charge in [-0.3, -0.25) is 0 Å². The molecule has 100 valence electrons. The van der Waals surface area contributed by atoms with Gasteiger partial charge in [0.05, 0.1) is 13.2 Å². The van der Waals surface area contributed by atoms with Crippen molar-refractivity contribution in [2.45, 2.75) is 19.4 Å². The van der Waals surface area contributed by atoms with Crippen LogP contribution < -0.4 is 0 Å². The minimum atomic E-state index is 0.567. The van der Waals surface area contributed by atoms with Gasteiger partial charge in [0.1, 0.15) is 0 Å². The van der Waals surface area contributed by atoms with Crippen molar-refractivity contribution in [3.8, 4) is 0 Å². The monoisotopic (exact) mass is 268 g/mol. The van der Waals surface area contributed by atoms with Crippen LogP contribution in [0.2, 0.25) is 0 Å². The van der Waals surface area contributed by atoms with Crippen molar-refractivity contribution in [3.05, 3.63) is 42.0 Å². The predicted molar refractivity (Wildman–Crippen MR) is 77.0 cm³/mol. The first kappa shape index (κ1) is 15.2. The molecule has 0 heterocycles. The fourth-order valence-corrected chi connectivity index (χ4v) is 1.61. The molecule has 2 nitrogen and oxygen atoms in total. The average molecular weight is 269 g/mol. The molecule has 0 aliphatic heterocycles. The normalized spacial score (nSPS) is 10.5. The smallest absolute Gasteiger partial charge is 0.0716 e. The van der Waals surface area contributed by atoms with Gasteiger partial charge in [-0.1, -0.05) is 36.9 Å². The molecule has 1 aromatic rings. The van der Waals surface area contributed by atoms with Crippen LogP contribution in [0.3, 0.4) is 0 Å². The Morgan fingerprint density at radius 3 is 2.28 bits per heavy atom. The molecular formula is C15H21ClO2. The molecule has 0 aromatic heterocycles. The minimum Gasteiger partial charge on any atom is -0.380 e. The highest BCUT2D eigenvalue weighted by atomic mass is 35.5. The number of hydrogen-bond acceptors (Lipinski definition) is 2. The Morgan fingerprint density at radius 1 is 1.00 bits per heavy atom. The summed E-state index contributed by atoms with van der Waals surface area (Å²) in [6.07, 6.45) is 3.88. The molecule has 0 radical (unpaired) electrons. The number of ether oxygens (including phenoxy) is 2. The first-order chi connectivity index (χ1) is 8.86. The van der Waals surface area contributed by atoms with Crippen LogP contribution in [0.15, 0.2) is 30.8 Å². The van der Waals surface area contributed by atoms with E-state index in [0.717, 1.165) is 31.6 Å². The third-order valence-corrected chi connectivity index (χ3v) is 2.69. The van der Waals surface area contributed by atoms with Gasteiger partial charge in [0.15, 0.2) is 0 Å². The number of halogens is 1. The molecule has 0 saturated heterocycles. The summed E-state index contributed by atoms with van der Waals surface area (Å²) in [5.74, 6) is 0.567. The van der Waals surface area contributed by atoms with E-state index in [1.54, 1.807) is 0 Å². The van der Waals surface area contributed by atoms with Crippen molar-refractivity contribution < 1.29 is 9.47 Å². The summed E-state index contributed by atoms with van der Waals surface area (Å²) < 4.78 is 10.9. The minimum absolute atomic E-state index is 0.567. The third kappa shape index (κ3) is 6.80. The van der Waals surface area contributed by atoms with E-state index in [4.69, 9.17) is 21.1 Å². The number of alkyl halides is 1. The van der Waals surface area contributed by atoms with Crippen LogP contribution in [0.25, 0.3) is 6.08 Å². The maximum absolute atomic E-state index is 5.59. The van der Waals surface area contributed by atoms with Crippen molar-refractivity contribution in [2.75, 3.05) is 25.7 Å². The second-order valence-electron chi connectivity index (χ2n) is 4.01. The lowest BCUT2D eigenvalue weighted by Crippen LogP contribution is -2.01. The average Bonchev–Trinajstić information content (AvgIpc) is 2.42. The van der Waals surface area contributed by atoms with Crippen LogP contribution >= 0.6 is 11.6 Å². The van der Waals surface area contributed by atoms with E-state index in [0.29, 0.717) is 19.1 Å². The van der Waals surface area contributed by atoms with Crippen molar-refractivity contribution in [2.24, 2.45) is 0 Å². The molecule has 0 aliphatic rings. The summed E-state index contributed by atoms with van der Waals surface area (Å²) in [5.41, 5.74) is 2.33. The summed E-state index contributed by atoms with van der Waals surface area (Å²) in [4.78, 5) is 0. The lowest BCUT2D eigenvalue weighted by molar-refractivity contribution is 0.0998. The zero-order chi connectivity index (χ0) is 13.1. The molecule has 0 N–H and O–H groups in total. The van der Waals surface area contributed by atoms with Gasteiger partial charge in [0.2, 0.25) is 0 Å². The van der Waals surface area contributed by atoms with E-state index < -0.39 is 0 Å². The number of unbranched alkanes of at least 4 members (excludes halogenated alkanes) is 1. The van der Waals surface area contributed by atoms with Crippen molar-refractivity contribution in [1.82, 2.24) is 0 Å². The summed E-state index contributed by atoms with van der Waals surface area (Å²) >= 11 is 5.50. The highest BCUT2D eigenvalue weighted by molar-refractivity contribution is 6.17. The Bertz CT molecular complexity index is 322. The molecule has 1 rings (SSSR count). The van der Waals surface area contributed by atoms with E-state index in [9.17, 15) is 0 Å². The Balaban J connectivity index is 2.01. The standard InChI is InChI=1S/C15H21ClO2/c1-2-14-5-7-15(8-6-14)13-18-11-4-3-10-17-12-9-16/h2,5-8H,1,3-4,9-13H2. The zero-order valence-electron chi connectivity index (χ0n) is 10.7.